The summed E-state index contributed by atoms with van der Waals surface area (Å²) in [5.41, 5.74) is 2.84. The Labute approximate surface area is 164 Å². The number of fused-ring (bicyclic) bond motifs is 1. The summed E-state index contributed by atoms with van der Waals surface area (Å²) in [6.07, 6.45) is 1.86. The number of hydrogen-bond acceptors (Lipinski definition) is 2. The molecule has 2 atom stereocenters. The highest BCUT2D eigenvalue weighted by molar-refractivity contribution is 6.34. The number of halogens is 1. The second-order valence-electron chi connectivity index (χ2n) is 7.47. The van der Waals surface area contributed by atoms with Crippen LogP contribution in [0.3, 0.4) is 0 Å². The highest BCUT2D eigenvalue weighted by Crippen LogP contribution is 2.27. The Kier molecular flexibility index (Phi) is 4.94. The van der Waals surface area contributed by atoms with Gasteiger partial charge in [0.2, 0.25) is 0 Å². The summed E-state index contributed by atoms with van der Waals surface area (Å²) in [4.78, 5) is 20.8. The number of H-pyrrole nitrogens is 1. The van der Waals surface area contributed by atoms with E-state index in [9.17, 15) is 4.79 Å². The average Bonchev–Trinajstić information content (AvgIpc) is 3.11. The smallest absolute Gasteiger partial charge is 0.255 e. The summed E-state index contributed by atoms with van der Waals surface area (Å²) >= 11 is 6.42. The van der Waals surface area contributed by atoms with E-state index in [2.05, 4.69) is 48.0 Å². The van der Waals surface area contributed by atoms with E-state index >= 15 is 0 Å². The van der Waals surface area contributed by atoms with Crippen molar-refractivity contribution in [1.82, 2.24) is 14.8 Å². The molecule has 27 heavy (non-hydrogen) atoms. The fourth-order valence-corrected chi connectivity index (χ4v) is 4.16. The van der Waals surface area contributed by atoms with Gasteiger partial charge in [-0.25, -0.2) is 0 Å². The SMILES string of the molecule is C[C@@H]1CN(C(=O)c2cc3cc[nH]c3cc2Cl)[C@@H](C)CN1Cc1ccccc1. The van der Waals surface area contributed by atoms with Crippen LogP contribution in [0.15, 0.2) is 54.7 Å². The maximum absolute atomic E-state index is 13.2. The highest BCUT2D eigenvalue weighted by atomic mass is 35.5. The van der Waals surface area contributed by atoms with Crippen LogP contribution in [0.1, 0.15) is 29.8 Å². The molecule has 4 nitrogen and oxygen atoms in total. The van der Waals surface area contributed by atoms with Crippen molar-refractivity contribution >= 4 is 28.4 Å². The van der Waals surface area contributed by atoms with Gasteiger partial charge >= 0.3 is 0 Å². The first-order valence-corrected chi connectivity index (χ1v) is 9.76. The number of hydrogen-bond donors (Lipinski definition) is 1. The third-order valence-corrected chi connectivity index (χ3v) is 5.79. The molecule has 0 spiro atoms. The van der Waals surface area contributed by atoms with Crippen molar-refractivity contribution < 1.29 is 4.79 Å². The summed E-state index contributed by atoms with van der Waals surface area (Å²) in [6, 6.07) is 16.6. The minimum Gasteiger partial charge on any atom is -0.361 e. The second-order valence-corrected chi connectivity index (χ2v) is 7.87. The van der Waals surface area contributed by atoms with Gasteiger partial charge in [0.05, 0.1) is 10.6 Å². The van der Waals surface area contributed by atoms with Crippen molar-refractivity contribution in [2.24, 2.45) is 0 Å². The lowest BCUT2D eigenvalue weighted by molar-refractivity contribution is 0.0291. The lowest BCUT2D eigenvalue weighted by atomic mass is 10.0. The van der Waals surface area contributed by atoms with Gasteiger partial charge in [-0.2, -0.15) is 0 Å². The van der Waals surface area contributed by atoms with Crippen LogP contribution in [0, 0.1) is 0 Å². The quantitative estimate of drug-likeness (QED) is 0.722. The first kappa shape index (κ1) is 18.1. The molecule has 2 aromatic carbocycles. The molecule has 4 rings (SSSR count). The van der Waals surface area contributed by atoms with Gasteiger partial charge in [0, 0.05) is 48.8 Å². The van der Waals surface area contributed by atoms with Crippen molar-refractivity contribution in [3.05, 3.63) is 70.9 Å². The summed E-state index contributed by atoms with van der Waals surface area (Å²) in [5.74, 6) is 0.0156. The van der Waals surface area contributed by atoms with E-state index in [4.69, 9.17) is 11.6 Å². The standard InChI is InChI=1S/C22H24ClN3O/c1-15-13-26(16(2)12-25(15)14-17-6-4-3-5-7-17)22(27)19-10-18-8-9-24-21(18)11-20(19)23/h3-11,15-16,24H,12-14H2,1-2H3/t15-,16+/m1/s1. The molecule has 5 heteroatoms. The van der Waals surface area contributed by atoms with Gasteiger partial charge in [-0.15, -0.1) is 0 Å². The summed E-state index contributed by atoms with van der Waals surface area (Å²) in [6.45, 7) is 6.77. The molecule has 1 amide bonds. The summed E-state index contributed by atoms with van der Waals surface area (Å²) in [7, 11) is 0. The van der Waals surface area contributed by atoms with Crippen molar-refractivity contribution in [2.75, 3.05) is 13.1 Å². The fourth-order valence-electron chi connectivity index (χ4n) is 3.91. The Morgan fingerprint density at radius 2 is 1.89 bits per heavy atom. The number of nitrogens with zero attached hydrogens (tertiary/aromatic N) is 2. The summed E-state index contributed by atoms with van der Waals surface area (Å²) in [5, 5.41) is 1.51. The number of carbonyl (C=O) groups excluding carboxylic acids is 1. The van der Waals surface area contributed by atoms with Crippen molar-refractivity contribution in [1.29, 1.82) is 0 Å². The van der Waals surface area contributed by atoms with E-state index in [1.807, 2.05) is 35.4 Å². The van der Waals surface area contributed by atoms with Gasteiger partial charge < -0.3 is 9.88 Å². The molecule has 0 unspecified atom stereocenters. The molecule has 0 bridgehead atoms. The van der Waals surface area contributed by atoms with Gasteiger partial charge in [0.15, 0.2) is 0 Å². The molecule has 1 aliphatic rings. The Morgan fingerprint density at radius 3 is 2.67 bits per heavy atom. The van der Waals surface area contributed by atoms with E-state index in [0.717, 1.165) is 24.0 Å². The Hall–Kier alpha value is -2.30. The van der Waals surface area contributed by atoms with Crippen LogP contribution in [0.25, 0.3) is 10.9 Å². The molecule has 140 valence electrons. The fraction of sp³-hybridized carbons (Fsp3) is 0.318. The van der Waals surface area contributed by atoms with Gasteiger partial charge in [0.25, 0.3) is 5.91 Å². The second kappa shape index (κ2) is 7.37. The minimum atomic E-state index is 0.0156. The van der Waals surface area contributed by atoms with Crippen LogP contribution in [0.4, 0.5) is 0 Å². The lowest BCUT2D eigenvalue weighted by Crippen LogP contribution is -2.57. The zero-order valence-corrected chi connectivity index (χ0v) is 16.4. The Balaban J connectivity index is 1.52. The molecular formula is C22H24ClN3O. The molecule has 3 aromatic rings. The van der Waals surface area contributed by atoms with E-state index in [0.29, 0.717) is 23.2 Å². The Morgan fingerprint density at radius 1 is 1.11 bits per heavy atom. The van der Waals surface area contributed by atoms with E-state index in [1.165, 1.54) is 5.56 Å². The normalized spacial score (nSPS) is 20.9. The van der Waals surface area contributed by atoms with Crippen LogP contribution in [-0.2, 0) is 6.54 Å². The van der Waals surface area contributed by atoms with Crippen molar-refractivity contribution in [2.45, 2.75) is 32.5 Å². The van der Waals surface area contributed by atoms with Crippen molar-refractivity contribution in [3.8, 4) is 0 Å². The first-order valence-electron chi connectivity index (χ1n) is 9.38. The van der Waals surface area contributed by atoms with Crippen molar-refractivity contribution in [3.63, 3.8) is 0 Å². The third kappa shape index (κ3) is 3.60. The highest BCUT2D eigenvalue weighted by Gasteiger charge is 2.33. The number of benzene rings is 2. The predicted molar refractivity (Wildman–Crippen MR) is 110 cm³/mol. The van der Waals surface area contributed by atoms with Crippen LogP contribution >= 0.6 is 11.6 Å². The van der Waals surface area contributed by atoms with Gasteiger partial charge in [0.1, 0.15) is 0 Å². The topological polar surface area (TPSA) is 39.3 Å². The van der Waals surface area contributed by atoms with Gasteiger partial charge in [-0.1, -0.05) is 41.9 Å². The van der Waals surface area contributed by atoms with Gasteiger partial charge in [-0.3, -0.25) is 9.69 Å². The predicted octanol–water partition coefficient (Wildman–Crippen LogP) is 4.56. The monoisotopic (exact) mass is 381 g/mol. The number of aromatic nitrogens is 1. The number of nitrogens with one attached hydrogen (secondary N) is 1. The summed E-state index contributed by atoms with van der Waals surface area (Å²) < 4.78 is 0. The maximum atomic E-state index is 13.2. The molecule has 1 aliphatic heterocycles. The molecule has 1 saturated heterocycles. The molecule has 0 radical (unpaired) electrons. The molecule has 1 N–H and O–H groups in total. The molecular weight excluding hydrogens is 358 g/mol. The first-order chi connectivity index (χ1) is 13.0. The lowest BCUT2D eigenvalue weighted by Gasteiger charge is -2.44. The molecule has 1 aromatic heterocycles. The van der Waals surface area contributed by atoms with Crippen LogP contribution in [0.5, 0.6) is 0 Å². The Bertz CT molecular complexity index is 953. The minimum absolute atomic E-state index is 0.0156. The number of amides is 1. The molecule has 0 saturated carbocycles. The number of rotatable bonds is 3. The van der Waals surface area contributed by atoms with E-state index in [-0.39, 0.29) is 11.9 Å². The zero-order chi connectivity index (χ0) is 19.0. The van der Waals surface area contributed by atoms with Crippen LogP contribution < -0.4 is 0 Å². The van der Waals surface area contributed by atoms with E-state index < -0.39 is 0 Å². The van der Waals surface area contributed by atoms with E-state index in [1.54, 1.807) is 0 Å². The zero-order valence-electron chi connectivity index (χ0n) is 15.7. The molecule has 2 heterocycles. The average molecular weight is 382 g/mol. The van der Waals surface area contributed by atoms with Crippen LogP contribution in [-0.4, -0.2) is 45.9 Å². The van der Waals surface area contributed by atoms with Crippen LogP contribution in [0.2, 0.25) is 5.02 Å². The molecule has 1 fully saturated rings. The largest absolute Gasteiger partial charge is 0.361 e. The third-order valence-electron chi connectivity index (χ3n) is 5.48. The molecule has 0 aliphatic carbocycles. The number of carbonyl (C=O) groups is 1. The number of piperazine rings is 1. The maximum Gasteiger partial charge on any atom is 0.255 e. The van der Waals surface area contributed by atoms with Gasteiger partial charge in [-0.05, 0) is 37.6 Å². The number of aromatic amines is 1.